The van der Waals surface area contributed by atoms with E-state index in [0.29, 0.717) is 12.4 Å². The molecule has 4 heteroatoms. The number of aromatic nitrogens is 2. The fourth-order valence-corrected chi connectivity index (χ4v) is 2.44. The van der Waals surface area contributed by atoms with Crippen molar-refractivity contribution in [2.24, 2.45) is 0 Å². The molecule has 0 atom stereocenters. The summed E-state index contributed by atoms with van der Waals surface area (Å²) in [5, 5.41) is 4.50. The van der Waals surface area contributed by atoms with E-state index in [9.17, 15) is 4.39 Å². The van der Waals surface area contributed by atoms with Crippen LogP contribution in [0.4, 0.5) is 10.2 Å². The van der Waals surface area contributed by atoms with Gasteiger partial charge in [0.15, 0.2) is 0 Å². The second-order valence-electron chi connectivity index (χ2n) is 5.00. The molecule has 0 amide bonds. The first-order chi connectivity index (χ1) is 10.1. The lowest BCUT2D eigenvalue weighted by Crippen LogP contribution is -2.06. The molecule has 1 aromatic heterocycles. The lowest BCUT2D eigenvalue weighted by Gasteiger charge is -2.06. The summed E-state index contributed by atoms with van der Waals surface area (Å²) in [7, 11) is 0. The van der Waals surface area contributed by atoms with E-state index >= 15 is 0 Å². The molecule has 0 saturated carbocycles. The number of hydrogen-bond acceptors (Lipinski definition) is 2. The molecule has 0 saturated heterocycles. The maximum Gasteiger partial charge on any atom is 0.130 e. The number of nitrogens with zero attached hydrogens (tertiary/aromatic N) is 2. The summed E-state index contributed by atoms with van der Waals surface area (Å²) in [5.74, 6) is 0.386. The van der Waals surface area contributed by atoms with Gasteiger partial charge in [-0.25, -0.2) is 9.07 Å². The van der Waals surface area contributed by atoms with Crippen molar-refractivity contribution in [1.29, 1.82) is 0 Å². The van der Waals surface area contributed by atoms with Crippen LogP contribution in [0.3, 0.4) is 0 Å². The second kappa shape index (κ2) is 5.40. The third-order valence-corrected chi connectivity index (χ3v) is 3.47. The zero-order valence-corrected chi connectivity index (χ0v) is 11.8. The molecule has 3 nitrogen and oxygen atoms in total. The highest BCUT2D eigenvalue weighted by atomic mass is 19.1. The molecule has 3 aromatic rings. The fourth-order valence-electron chi connectivity index (χ4n) is 2.44. The van der Waals surface area contributed by atoms with Crippen LogP contribution in [0.1, 0.15) is 11.3 Å². The molecule has 3 rings (SSSR count). The minimum Gasteiger partial charge on any atom is -0.383 e. The van der Waals surface area contributed by atoms with Gasteiger partial charge >= 0.3 is 0 Å². The summed E-state index contributed by atoms with van der Waals surface area (Å²) in [6.07, 6.45) is 0. The SMILES string of the molecule is Cc1nn(Cc2ccc(F)cc2)c(N)c1-c1ccccc1. The number of hydrogen-bond donors (Lipinski definition) is 1. The quantitative estimate of drug-likeness (QED) is 0.796. The summed E-state index contributed by atoms with van der Waals surface area (Å²) in [6.45, 7) is 2.47. The zero-order valence-electron chi connectivity index (χ0n) is 11.8. The number of nitrogens with two attached hydrogens (primary N) is 1. The average molecular weight is 281 g/mol. The second-order valence-corrected chi connectivity index (χ2v) is 5.00. The molecule has 0 bridgehead atoms. The highest BCUT2D eigenvalue weighted by Gasteiger charge is 2.14. The van der Waals surface area contributed by atoms with E-state index in [0.717, 1.165) is 22.4 Å². The van der Waals surface area contributed by atoms with Crippen LogP contribution in [-0.2, 0) is 6.54 Å². The van der Waals surface area contributed by atoms with Crippen LogP contribution in [0.25, 0.3) is 11.1 Å². The first-order valence-electron chi connectivity index (χ1n) is 6.78. The molecule has 0 radical (unpaired) electrons. The monoisotopic (exact) mass is 281 g/mol. The van der Waals surface area contributed by atoms with Gasteiger partial charge in [0, 0.05) is 5.56 Å². The van der Waals surface area contributed by atoms with Gasteiger partial charge in [0.25, 0.3) is 0 Å². The standard InChI is InChI=1S/C17H16FN3/c1-12-16(14-5-3-2-4-6-14)17(19)21(20-12)11-13-7-9-15(18)10-8-13/h2-10H,11,19H2,1H3. The number of anilines is 1. The lowest BCUT2D eigenvalue weighted by molar-refractivity contribution is 0.624. The van der Waals surface area contributed by atoms with Crippen molar-refractivity contribution in [3.8, 4) is 11.1 Å². The average Bonchev–Trinajstić information content (AvgIpc) is 2.77. The zero-order chi connectivity index (χ0) is 14.8. The number of halogens is 1. The summed E-state index contributed by atoms with van der Waals surface area (Å²) in [5.41, 5.74) is 10.1. The Bertz CT molecular complexity index is 746. The van der Waals surface area contributed by atoms with Crippen molar-refractivity contribution in [3.63, 3.8) is 0 Å². The van der Waals surface area contributed by atoms with Crippen LogP contribution in [0, 0.1) is 12.7 Å². The predicted octanol–water partition coefficient (Wildman–Crippen LogP) is 3.63. The van der Waals surface area contributed by atoms with Crippen LogP contribution in [0.15, 0.2) is 54.6 Å². The van der Waals surface area contributed by atoms with Crippen LogP contribution >= 0.6 is 0 Å². The Morgan fingerprint density at radius 3 is 2.38 bits per heavy atom. The molecule has 0 fully saturated rings. The molecule has 106 valence electrons. The first-order valence-corrected chi connectivity index (χ1v) is 6.78. The van der Waals surface area contributed by atoms with Gasteiger partial charge in [0.1, 0.15) is 11.6 Å². The van der Waals surface area contributed by atoms with E-state index in [-0.39, 0.29) is 5.82 Å². The maximum atomic E-state index is 12.9. The van der Waals surface area contributed by atoms with Gasteiger partial charge < -0.3 is 5.73 Å². The smallest absolute Gasteiger partial charge is 0.130 e. The lowest BCUT2D eigenvalue weighted by atomic mass is 10.1. The molecule has 0 aliphatic rings. The highest BCUT2D eigenvalue weighted by Crippen LogP contribution is 2.29. The third-order valence-electron chi connectivity index (χ3n) is 3.47. The van der Waals surface area contributed by atoms with Gasteiger partial charge in [-0.2, -0.15) is 5.10 Å². The Balaban J connectivity index is 1.96. The molecule has 0 unspecified atom stereocenters. The van der Waals surface area contributed by atoms with Crippen molar-refractivity contribution in [3.05, 3.63) is 71.7 Å². The molecule has 2 aromatic carbocycles. The number of nitrogen functional groups attached to an aromatic ring is 1. The van der Waals surface area contributed by atoms with Gasteiger partial charge in [-0.3, -0.25) is 0 Å². The summed E-state index contributed by atoms with van der Waals surface area (Å²) < 4.78 is 14.7. The molecular weight excluding hydrogens is 265 g/mol. The predicted molar refractivity (Wildman–Crippen MR) is 82.3 cm³/mol. The van der Waals surface area contributed by atoms with Crippen LogP contribution < -0.4 is 5.73 Å². The molecule has 1 heterocycles. The summed E-state index contributed by atoms with van der Waals surface area (Å²) in [4.78, 5) is 0. The Hall–Kier alpha value is -2.62. The van der Waals surface area contributed by atoms with Gasteiger partial charge in [-0.1, -0.05) is 42.5 Å². The van der Waals surface area contributed by atoms with E-state index in [2.05, 4.69) is 5.10 Å². The first kappa shape index (κ1) is 13.4. The fraction of sp³-hybridized carbons (Fsp3) is 0.118. The summed E-state index contributed by atoms with van der Waals surface area (Å²) >= 11 is 0. The topological polar surface area (TPSA) is 43.8 Å². The van der Waals surface area contributed by atoms with Crippen LogP contribution in [-0.4, -0.2) is 9.78 Å². The molecular formula is C17H16FN3. The molecule has 2 N–H and O–H groups in total. The minimum absolute atomic E-state index is 0.242. The van der Waals surface area contributed by atoms with Gasteiger partial charge in [-0.15, -0.1) is 0 Å². The van der Waals surface area contributed by atoms with Crippen molar-refractivity contribution >= 4 is 5.82 Å². The van der Waals surface area contributed by atoms with E-state index in [4.69, 9.17) is 5.73 Å². The van der Waals surface area contributed by atoms with E-state index in [1.807, 2.05) is 37.3 Å². The van der Waals surface area contributed by atoms with Crippen molar-refractivity contribution in [1.82, 2.24) is 9.78 Å². The van der Waals surface area contributed by atoms with E-state index in [1.54, 1.807) is 16.8 Å². The third kappa shape index (κ3) is 2.65. The van der Waals surface area contributed by atoms with Crippen LogP contribution in [0.2, 0.25) is 0 Å². The number of benzene rings is 2. The van der Waals surface area contributed by atoms with Gasteiger partial charge in [-0.05, 0) is 30.2 Å². The minimum atomic E-state index is -0.242. The van der Waals surface area contributed by atoms with Crippen molar-refractivity contribution in [2.45, 2.75) is 13.5 Å². The largest absolute Gasteiger partial charge is 0.383 e. The Morgan fingerprint density at radius 1 is 1.05 bits per heavy atom. The number of aryl methyl sites for hydroxylation is 1. The molecule has 21 heavy (non-hydrogen) atoms. The van der Waals surface area contributed by atoms with Gasteiger partial charge in [0.2, 0.25) is 0 Å². The van der Waals surface area contributed by atoms with E-state index in [1.165, 1.54) is 12.1 Å². The highest BCUT2D eigenvalue weighted by molar-refractivity contribution is 5.76. The summed E-state index contributed by atoms with van der Waals surface area (Å²) in [6, 6.07) is 16.3. The van der Waals surface area contributed by atoms with Crippen molar-refractivity contribution < 1.29 is 4.39 Å². The van der Waals surface area contributed by atoms with E-state index < -0.39 is 0 Å². The Morgan fingerprint density at radius 2 is 1.71 bits per heavy atom. The normalized spacial score (nSPS) is 10.8. The number of rotatable bonds is 3. The molecule has 0 aliphatic carbocycles. The Kier molecular flexibility index (Phi) is 3.44. The van der Waals surface area contributed by atoms with Gasteiger partial charge in [0.05, 0.1) is 12.2 Å². The Labute approximate surface area is 122 Å². The maximum absolute atomic E-state index is 12.9. The molecule has 0 aliphatic heterocycles. The van der Waals surface area contributed by atoms with Crippen LogP contribution in [0.5, 0.6) is 0 Å². The molecule has 0 spiro atoms. The van der Waals surface area contributed by atoms with Crippen molar-refractivity contribution in [2.75, 3.05) is 5.73 Å².